The van der Waals surface area contributed by atoms with Crippen molar-refractivity contribution in [3.8, 4) is 5.75 Å². The average molecular weight is 290 g/mol. The summed E-state index contributed by atoms with van der Waals surface area (Å²) in [4.78, 5) is 2.60. The SMILES string of the molecule is CNCC1CN(C2CCCc3ccc(OC)cc32)CCO1. The predicted molar refractivity (Wildman–Crippen MR) is 83.9 cm³/mol. The third kappa shape index (κ3) is 3.23. The van der Waals surface area contributed by atoms with Crippen LogP contribution in [0.2, 0.25) is 0 Å². The highest BCUT2D eigenvalue weighted by Crippen LogP contribution is 2.37. The number of ether oxygens (including phenoxy) is 2. The number of nitrogens with one attached hydrogen (secondary N) is 1. The zero-order chi connectivity index (χ0) is 14.7. The summed E-state index contributed by atoms with van der Waals surface area (Å²) in [6, 6.07) is 7.09. The number of fused-ring (bicyclic) bond motifs is 1. The Kier molecular flexibility index (Phi) is 4.78. The van der Waals surface area contributed by atoms with Crippen molar-refractivity contribution in [3.63, 3.8) is 0 Å². The Balaban J connectivity index is 1.80. The van der Waals surface area contributed by atoms with Crippen LogP contribution in [0.3, 0.4) is 0 Å². The molecule has 1 aromatic carbocycles. The molecule has 0 spiro atoms. The van der Waals surface area contributed by atoms with E-state index in [2.05, 4.69) is 28.4 Å². The minimum atomic E-state index is 0.305. The van der Waals surface area contributed by atoms with Crippen molar-refractivity contribution < 1.29 is 9.47 Å². The molecule has 1 saturated heterocycles. The Labute approximate surface area is 127 Å². The summed E-state index contributed by atoms with van der Waals surface area (Å²) >= 11 is 0. The van der Waals surface area contributed by atoms with Crippen molar-refractivity contribution in [2.45, 2.75) is 31.4 Å². The fraction of sp³-hybridized carbons (Fsp3) is 0.647. The number of likely N-dealkylation sites (N-methyl/N-ethyl adjacent to an activating group) is 1. The standard InChI is InChI=1S/C17H26N2O2/c1-18-11-15-12-19(8-9-21-15)17-5-3-4-13-6-7-14(20-2)10-16(13)17/h6-7,10,15,17-18H,3-5,8-9,11-12H2,1-2H3. The fourth-order valence-corrected chi connectivity index (χ4v) is 3.63. The molecule has 1 aliphatic carbocycles. The molecule has 21 heavy (non-hydrogen) atoms. The molecule has 3 rings (SSSR count). The van der Waals surface area contributed by atoms with Crippen LogP contribution >= 0.6 is 0 Å². The van der Waals surface area contributed by atoms with Crippen LogP contribution in [0.15, 0.2) is 18.2 Å². The van der Waals surface area contributed by atoms with Crippen molar-refractivity contribution in [1.82, 2.24) is 10.2 Å². The lowest BCUT2D eigenvalue weighted by Crippen LogP contribution is -2.48. The molecule has 1 N–H and O–H groups in total. The zero-order valence-electron chi connectivity index (χ0n) is 13.1. The molecule has 4 heteroatoms. The highest BCUT2D eigenvalue weighted by Gasteiger charge is 2.30. The first-order valence-corrected chi connectivity index (χ1v) is 7.99. The van der Waals surface area contributed by atoms with E-state index in [0.29, 0.717) is 12.1 Å². The van der Waals surface area contributed by atoms with Crippen LogP contribution in [-0.2, 0) is 11.2 Å². The summed E-state index contributed by atoms with van der Waals surface area (Å²) in [6.07, 6.45) is 4.02. The van der Waals surface area contributed by atoms with Crippen LogP contribution in [-0.4, -0.2) is 51.4 Å². The van der Waals surface area contributed by atoms with E-state index in [-0.39, 0.29) is 0 Å². The van der Waals surface area contributed by atoms with E-state index in [9.17, 15) is 0 Å². The van der Waals surface area contributed by atoms with Crippen molar-refractivity contribution in [2.75, 3.05) is 40.4 Å². The van der Waals surface area contributed by atoms with Gasteiger partial charge in [0.25, 0.3) is 0 Å². The molecular weight excluding hydrogens is 264 g/mol. The second-order valence-corrected chi connectivity index (χ2v) is 6.02. The van der Waals surface area contributed by atoms with Gasteiger partial charge in [0.15, 0.2) is 0 Å². The van der Waals surface area contributed by atoms with Crippen molar-refractivity contribution >= 4 is 0 Å². The Hall–Kier alpha value is -1.10. The molecule has 0 bridgehead atoms. The highest BCUT2D eigenvalue weighted by molar-refractivity contribution is 5.39. The Morgan fingerprint density at radius 1 is 1.43 bits per heavy atom. The summed E-state index contributed by atoms with van der Waals surface area (Å²) in [6.45, 7) is 3.81. The number of rotatable bonds is 4. The van der Waals surface area contributed by atoms with Gasteiger partial charge in [0, 0.05) is 25.7 Å². The van der Waals surface area contributed by atoms with Gasteiger partial charge >= 0.3 is 0 Å². The summed E-state index contributed by atoms with van der Waals surface area (Å²) in [5.41, 5.74) is 2.95. The fourth-order valence-electron chi connectivity index (χ4n) is 3.63. The van der Waals surface area contributed by atoms with Crippen LogP contribution in [0.4, 0.5) is 0 Å². The number of hydrogen-bond acceptors (Lipinski definition) is 4. The molecule has 4 nitrogen and oxygen atoms in total. The largest absolute Gasteiger partial charge is 0.497 e. The van der Waals surface area contributed by atoms with Gasteiger partial charge in [-0.1, -0.05) is 6.07 Å². The maximum atomic E-state index is 5.84. The summed E-state index contributed by atoms with van der Waals surface area (Å²) in [5.74, 6) is 0.973. The molecule has 1 fully saturated rings. The third-order valence-electron chi connectivity index (χ3n) is 4.68. The van der Waals surface area contributed by atoms with E-state index in [1.807, 2.05) is 7.05 Å². The monoisotopic (exact) mass is 290 g/mol. The van der Waals surface area contributed by atoms with Gasteiger partial charge in [-0.3, -0.25) is 4.90 Å². The van der Waals surface area contributed by atoms with Crippen LogP contribution in [0.25, 0.3) is 0 Å². The molecule has 1 heterocycles. The second kappa shape index (κ2) is 6.77. The topological polar surface area (TPSA) is 33.7 Å². The van der Waals surface area contributed by atoms with Gasteiger partial charge in [0.1, 0.15) is 5.75 Å². The molecule has 0 radical (unpaired) electrons. The molecule has 1 aliphatic heterocycles. The van der Waals surface area contributed by atoms with Crippen molar-refractivity contribution in [2.24, 2.45) is 0 Å². The van der Waals surface area contributed by atoms with Crippen LogP contribution < -0.4 is 10.1 Å². The van der Waals surface area contributed by atoms with Crippen LogP contribution in [0.5, 0.6) is 5.75 Å². The summed E-state index contributed by atoms with van der Waals surface area (Å²) in [7, 11) is 3.74. The lowest BCUT2D eigenvalue weighted by Gasteiger charge is -2.41. The zero-order valence-corrected chi connectivity index (χ0v) is 13.1. The normalized spacial score (nSPS) is 26.4. The molecule has 2 unspecified atom stereocenters. The van der Waals surface area contributed by atoms with Gasteiger partial charge < -0.3 is 14.8 Å². The molecule has 116 valence electrons. The van der Waals surface area contributed by atoms with Crippen LogP contribution in [0.1, 0.15) is 30.0 Å². The van der Waals surface area contributed by atoms with Crippen molar-refractivity contribution in [1.29, 1.82) is 0 Å². The van der Waals surface area contributed by atoms with Gasteiger partial charge in [-0.05, 0) is 49.6 Å². The van der Waals surface area contributed by atoms with Gasteiger partial charge in [-0.2, -0.15) is 0 Å². The molecule has 1 aromatic rings. The molecule has 0 saturated carbocycles. The quantitative estimate of drug-likeness (QED) is 0.919. The molecule has 0 amide bonds. The Morgan fingerprint density at radius 2 is 2.33 bits per heavy atom. The molecule has 2 atom stereocenters. The van der Waals surface area contributed by atoms with E-state index in [0.717, 1.165) is 32.0 Å². The van der Waals surface area contributed by atoms with E-state index in [4.69, 9.17) is 9.47 Å². The first kappa shape index (κ1) is 14.8. The van der Waals surface area contributed by atoms with Crippen LogP contribution in [0, 0.1) is 0 Å². The molecular formula is C17H26N2O2. The van der Waals surface area contributed by atoms with E-state index in [1.165, 1.54) is 30.4 Å². The first-order chi connectivity index (χ1) is 10.3. The smallest absolute Gasteiger partial charge is 0.119 e. The number of benzene rings is 1. The third-order valence-corrected chi connectivity index (χ3v) is 4.68. The first-order valence-electron chi connectivity index (χ1n) is 7.99. The predicted octanol–water partition coefficient (Wildman–Crippen LogP) is 1.99. The number of morpholine rings is 1. The van der Waals surface area contributed by atoms with Crippen molar-refractivity contribution in [3.05, 3.63) is 29.3 Å². The Bertz CT molecular complexity index is 476. The maximum Gasteiger partial charge on any atom is 0.119 e. The lowest BCUT2D eigenvalue weighted by molar-refractivity contribution is -0.0441. The summed E-state index contributed by atoms with van der Waals surface area (Å²) < 4.78 is 11.3. The lowest BCUT2D eigenvalue weighted by atomic mass is 9.86. The van der Waals surface area contributed by atoms with E-state index in [1.54, 1.807) is 7.11 Å². The number of hydrogen-bond donors (Lipinski definition) is 1. The summed E-state index contributed by atoms with van der Waals surface area (Å²) in [5, 5.41) is 3.23. The van der Waals surface area contributed by atoms with Gasteiger partial charge in [0.05, 0.1) is 19.8 Å². The number of aryl methyl sites for hydroxylation is 1. The van der Waals surface area contributed by atoms with Gasteiger partial charge in [-0.15, -0.1) is 0 Å². The number of methoxy groups -OCH3 is 1. The minimum absolute atomic E-state index is 0.305. The van der Waals surface area contributed by atoms with E-state index >= 15 is 0 Å². The highest BCUT2D eigenvalue weighted by atomic mass is 16.5. The number of nitrogens with zero attached hydrogens (tertiary/aromatic N) is 1. The molecule has 2 aliphatic rings. The van der Waals surface area contributed by atoms with Gasteiger partial charge in [0.2, 0.25) is 0 Å². The molecule has 0 aromatic heterocycles. The Morgan fingerprint density at radius 3 is 3.14 bits per heavy atom. The van der Waals surface area contributed by atoms with Gasteiger partial charge in [-0.25, -0.2) is 0 Å². The second-order valence-electron chi connectivity index (χ2n) is 6.02. The minimum Gasteiger partial charge on any atom is -0.497 e. The van der Waals surface area contributed by atoms with E-state index < -0.39 is 0 Å². The maximum absolute atomic E-state index is 5.84. The average Bonchev–Trinajstić information content (AvgIpc) is 2.54.